The van der Waals surface area contributed by atoms with Crippen LogP contribution in [0.2, 0.25) is 0 Å². The summed E-state index contributed by atoms with van der Waals surface area (Å²) < 4.78 is 4.50. The fraction of sp³-hybridized carbons (Fsp3) is 0.750. The highest BCUT2D eigenvalue weighted by Crippen LogP contribution is 1.97. The Morgan fingerprint density at radius 3 is 2.17 bits per heavy atom. The van der Waals surface area contributed by atoms with Gasteiger partial charge in [-0.15, -0.1) is 0 Å². The molecule has 0 saturated heterocycles. The zero-order valence-electron chi connectivity index (χ0n) is 7.93. The molecule has 4 heteroatoms. The number of nitrogens with one attached hydrogen (secondary N) is 1. The lowest BCUT2D eigenvalue weighted by Gasteiger charge is -2.19. The average molecular weight is 173 g/mol. The molecule has 0 fully saturated rings. The van der Waals surface area contributed by atoms with Crippen LogP contribution in [0.4, 0.5) is 0 Å². The third kappa shape index (κ3) is 7.05. The summed E-state index contributed by atoms with van der Waals surface area (Å²) in [5, 5.41) is 2.66. The maximum absolute atomic E-state index is 11.0. The summed E-state index contributed by atoms with van der Waals surface area (Å²) in [6.45, 7) is 6.65. The van der Waals surface area contributed by atoms with Gasteiger partial charge in [0, 0.05) is 12.5 Å². The molecule has 0 saturated carbocycles. The van der Waals surface area contributed by atoms with Crippen molar-refractivity contribution < 1.29 is 14.3 Å². The molecule has 0 aromatic heterocycles. The molecule has 0 aromatic rings. The predicted octanol–water partition coefficient (Wildman–Crippen LogP) is 0.464. The predicted molar refractivity (Wildman–Crippen MR) is 44.5 cm³/mol. The van der Waals surface area contributed by atoms with Crippen molar-refractivity contribution in [2.75, 3.05) is 6.61 Å². The van der Waals surface area contributed by atoms with E-state index in [1.54, 1.807) is 0 Å². The highest BCUT2D eigenvalue weighted by atomic mass is 16.5. The first-order chi connectivity index (χ1) is 5.31. The van der Waals surface area contributed by atoms with Gasteiger partial charge < -0.3 is 10.1 Å². The summed E-state index contributed by atoms with van der Waals surface area (Å²) >= 11 is 0. The topological polar surface area (TPSA) is 55.4 Å². The number of ether oxygens (including phenoxy) is 1. The van der Waals surface area contributed by atoms with E-state index in [-0.39, 0.29) is 18.1 Å². The van der Waals surface area contributed by atoms with Crippen molar-refractivity contribution in [1.29, 1.82) is 0 Å². The standard InChI is InChI=1S/C8H15NO3/c1-6(10)12-5-7(11)9-8(2,3)4/h5H2,1-4H3,(H,9,11). The van der Waals surface area contributed by atoms with E-state index >= 15 is 0 Å². The van der Waals surface area contributed by atoms with Crippen LogP contribution < -0.4 is 5.32 Å². The van der Waals surface area contributed by atoms with Crippen molar-refractivity contribution in [3.63, 3.8) is 0 Å². The maximum Gasteiger partial charge on any atom is 0.303 e. The SMILES string of the molecule is CC(=O)OCC(=O)NC(C)(C)C. The Balaban J connectivity index is 3.68. The lowest BCUT2D eigenvalue weighted by Crippen LogP contribution is -2.42. The van der Waals surface area contributed by atoms with E-state index in [1.165, 1.54) is 6.92 Å². The first-order valence-corrected chi connectivity index (χ1v) is 3.75. The molecule has 1 amide bonds. The fourth-order valence-electron chi connectivity index (χ4n) is 0.622. The van der Waals surface area contributed by atoms with E-state index in [9.17, 15) is 9.59 Å². The van der Waals surface area contributed by atoms with Crippen LogP contribution in [0.1, 0.15) is 27.7 Å². The number of hydrogen-bond acceptors (Lipinski definition) is 3. The zero-order valence-corrected chi connectivity index (χ0v) is 7.93. The molecule has 0 bridgehead atoms. The van der Waals surface area contributed by atoms with Gasteiger partial charge in [-0.3, -0.25) is 9.59 Å². The fourth-order valence-corrected chi connectivity index (χ4v) is 0.622. The van der Waals surface area contributed by atoms with Crippen molar-refractivity contribution in [3.05, 3.63) is 0 Å². The van der Waals surface area contributed by atoms with Gasteiger partial charge in [-0.25, -0.2) is 0 Å². The summed E-state index contributed by atoms with van der Waals surface area (Å²) in [6.07, 6.45) is 0. The van der Waals surface area contributed by atoms with Gasteiger partial charge in [0.2, 0.25) is 0 Å². The first-order valence-electron chi connectivity index (χ1n) is 3.75. The third-order valence-corrected chi connectivity index (χ3v) is 0.921. The van der Waals surface area contributed by atoms with Crippen molar-refractivity contribution in [2.24, 2.45) is 0 Å². The summed E-state index contributed by atoms with van der Waals surface area (Å²) in [7, 11) is 0. The molecular weight excluding hydrogens is 158 g/mol. The molecule has 12 heavy (non-hydrogen) atoms. The largest absolute Gasteiger partial charge is 0.456 e. The van der Waals surface area contributed by atoms with Crippen LogP contribution >= 0.6 is 0 Å². The molecule has 0 aliphatic rings. The summed E-state index contributed by atoms with van der Waals surface area (Å²) in [4.78, 5) is 21.3. The van der Waals surface area contributed by atoms with E-state index in [1.807, 2.05) is 20.8 Å². The zero-order chi connectivity index (χ0) is 9.78. The minimum absolute atomic E-state index is 0.202. The molecule has 0 rings (SSSR count). The van der Waals surface area contributed by atoms with Gasteiger partial charge in [0.1, 0.15) is 0 Å². The van der Waals surface area contributed by atoms with Gasteiger partial charge in [0.05, 0.1) is 0 Å². The molecule has 4 nitrogen and oxygen atoms in total. The first kappa shape index (κ1) is 10.9. The van der Waals surface area contributed by atoms with E-state index in [2.05, 4.69) is 10.1 Å². The quantitative estimate of drug-likeness (QED) is 0.617. The molecule has 0 heterocycles. The van der Waals surface area contributed by atoms with E-state index in [0.29, 0.717) is 0 Å². The Hall–Kier alpha value is -1.06. The summed E-state index contributed by atoms with van der Waals surface area (Å²) in [5.41, 5.74) is -0.281. The lowest BCUT2D eigenvalue weighted by atomic mass is 10.1. The second-order valence-corrected chi connectivity index (χ2v) is 3.58. The molecule has 0 aliphatic heterocycles. The maximum atomic E-state index is 11.0. The number of carbonyl (C=O) groups is 2. The van der Waals surface area contributed by atoms with Gasteiger partial charge in [-0.1, -0.05) is 0 Å². The number of carbonyl (C=O) groups excluding carboxylic acids is 2. The van der Waals surface area contributed by atoms with Crippen LogP contribution in [0.25, 0.3) is 0 Å². The smallest absolute Gasteiger partial charge is 0.303 e. The Morgan fingerprint density at radius 1 is 1.33 bits per heavy atom. The molecule has 0 unspecified atom stereocenters. The molecule has 0 aliphatic carbocycles. The van der Waals surface area contributed by atoms with Gasteiger partial charge in [0.15, 0.2) is 6.61 Å². The third-order valence-electron chi connectivity index (χ3n) is 0.921. The molecule has 1 N–H and O–H groups in total. The Morgan fingerprint density at radius 2 is 1.83 bits per heavy atom. The Kier molecular flexibility index (Phi) is 3.73. The number of rotatable bonds is 2. The Bertz CT molecular complexity index is 181. The van der Waals surface area contributed by atoms with E-state index in [4.69, 9.17) is 0 Å². The molecule has 0 atom stereocenters. The van der Waals surface area contributed by atoms with Crippen molar-refractivity contribution in [3.8, 4) is 0 Å². The van der Waals surface area contributed by atoms with Crippen LogP contribution in [0, 0.1) is 0 Å². The number of hydrogen-bond donors (Lipinski definition) is 1. The van der Waals surface area contributed by atoms with Crippen molar-refractivity contribution in [1.82, 2.24) is 5.32 Å². The molecule has 0 aromatic carbocycles. The van der Waals surface area contributed by atoms with Gasteiger partial charge in [-0.2, -0.15) is 0 Å². The molecular formula is C8H15NO3. The average Bonchev–Trinajstić information content (AvgIpc) is 1.79. The summed E-state index contributed by atoms with van der Waals surface area (Å²) in [6, 6.07) is 0. The second-order valence-electron chi connectivity index (χ2n) is 3.58. The van der Waals surface area contributed by atoms with Gasteiger partial charge in [0.25, 0.3) is 5.91 Å². The molecule has 0 spiro atoms. The highest BCUT2D eigenvalue weighted by molar-refractivity contribution is 5.80. The normalized spacial score (nSPS) is 10.7. The van der Waals surface area contributed by atoms with Gasteiger partial charge >= 0.3 is 5.97 Å². The minimum Gasteiger partial charge on any atom is -0.456 e. The van der Waals surface area contributed by atoms with Crippen LogP contribution in [0.3, 0.4) is 0 Å². The second kappa shape index (κ2) is 4.09. The van der Waals surface area contributed by atoms with Crippen LogP contribution in [-0.2, 0) is 14.3 Å². The van der Waals surface area contributed by atoms with E-state index in [0.717, 1.165) is 0 Å². The van der Waals surface area contributed by atoms with Crippen LogP contribution in [0.5, 0.6) is 0 Å². The van der Waals surface area contributed by atoms with Gasteiger partial charge in [-0.05, 0) is 20.8 Å². The summed E-state index contributed by atoms with van der Waals surface area (Å²) in [5.74, 6) is -0.725. The number of amides is 1. The monoisotopic (exact) mass is 173 g/mol. The molecule has 0 radical (unpaired) electrons. The highest BCUT2D eigenvalue weighted by Gasteiger charge is 2.13. The van der Waals surface area contributed by atoms with E-state index < -0.39 is 5.97 Å². The van der Waals surface area contributed by atoms with Crippen molar-refractivity contribution in [2.45, 2.75) is 33.2 Å². The lowest BCUT2D eigenvalue weighted by molar-refractivity contribution is -0.146. The molecule has 70 valence electrons. The minimum atomic E-state index is -0.445. The van der Waals surface area contributed by atoms with Crippen LogP contribution in [0.15, 0.2) is 0 Å². The Labute approximate surface area is 72.3 Å². The number of esters is 1. The van der Waals surface area contributed by atoms with Crippen LogP contribution in [-0.4, -0.2) is 24.0 Å². The van der Waals surface area contributed by atoms with Crippen molar-refractivity contribution >= 4 is 11.9 Å².